The zero-order chi connectivity index (χ0) is 15.7. The van der Waals surface area contributed by atoms with Crippen molar-refractivity contribution in [3.63, 3.8) is 0 Å². The molecule has 5 rings (SSSR count). The number of likely N-dealkylation sites (N-methyl/N-ethyl adjacent to an activating group) is 1. The van der Waals surface area contributed by atoms with Gasteiger partial charge < -0.3 is 14.4 Å². The summed E-state index contributed by atoms with van der Waals surface area (Å²) in [7, 11) is 2.35. The second-order valence-electron chi connectivity index (χ2n) is 8.08. The predicted octanol–water partition coefficient (Wildman–Crippen LogP) is 3.88. The van der Waals surface area contributed by atoms with Gasteiger partial charge in [0.15, 0.2) is 11.5 Å². The minimum absolute atomic E-state index is 0.309. The van der Waals surface area contributed by atoms with E-state index in [1.807, 2.05) is 0 Å². The van der Waals surface area contributed by atoms with Gasteiger partial charge in [0, 0.05) is 17.0 Å². The number of piperidine rings is 1. The van der Waals surface area contributed by atoms with Crippen LogP contribution < -0.4 is 9.47 Å². The summed E-state index contributed by atoms with van der Waals surface area (Å²) in [6.45, 7) is 4.04. The first-order chi connectivity index (χ1) is 11.2. The molecule has 2 bridgehead atoms. The lowest BCUT2D eigenvalue weighted by Crippen LogP contribution is -2.67. The molecule has 3 heteroatoms. The van der Waals surface area contributed by atoms with Crippen molar-refractivity contribution in [3.8, 4) is 11.5 Å². The molecule has 1 saturated heterocycles. The molecule has 0 radical (unpaired) electrons. The Morgan fingerprint density at radius 3 is 2.91 bits per heavy atom. The molecule has 0 spiro atoms. The summed E-state index contributed by atoms with van der Waals surface area (Å²) in [6.07, 6.45) is 9.20. The minimum atomic E-state index is 0.309. The molecule has 0 N–H and O–H groups in total. The SMILES string of the molecule is CC[C@]12CCCC[C@]13CCN(C)[C@H]2Cc1ccc2c(c13)OCO2. The van der Waals surface area contributed by atoms with Crippen LogP contribution in [0, 0.1) is 5.41 Å². The number of ether oxygens (including phenoxy) is 2. The van der Waals surface area contributed by atoms with Crippen LogP contribution in [0.3, 0.4) is 0 Å². The molecule has 23 heavy (non-hydrogen) atoms. The summed E-state index contributed by atoms with van der Waals surface area (Å²) >= 11 is 0. The van der Waals surface area contributed by atoms with Gasteiger partial charge in [0.2, 0.25) is 6.79 Å². The first-order valence-electron chi connectivity index (χ1n) is 9.34. The van der Waals surface area contributed by atoms with Crippen molar-refractivity contribution >= 4 is 0 Å². The van der Waals surface area contributed by atoms with Crippen molar-refractivity contribution in [2.45, 2.75) is 63.3 Å². The van der Waals surface area contributed by atoms with E-state index in [1.54, 1.807) is 5.56 Å². The molecule has 1 aromatic carbocycles. The van der Waals surface area contributed by atoms with Crippen molar-refractivity contribution in [1.29, 1.82) is 0 Å². The van der Waals surface area contributed by atoms with Crippen LogP contribution in [0.5, 0.6) is 11.5 Å². The smallest absolute Gasteiger partial charge is 0.231 e. The van der Waals surface area contributed by atoms with Gasteiger partial charge in [0.1, 0.15) is 0 Å². The van der Waals surface area contributed by atoms with Crippen LogP contribution in [0.4, 0.5) is 0 Å². The molecule has 2 heterocycles. The molecule has 0 unspecified atom stereocenters. The lowest BCUT2D eigenvalue weighted by molar-refractivity contribution is -0.0897. The summed E-state index contributed by atoms with van der Waals surface area (Å²) < 4.78 is 11.7. The Morgan fingerprint density at radius 1 is 1.17 bits per heavy atom. The van der Waals surface area contributed by atoms with Gasteiger partial charge in [-0.2, -0.15) is 0 Å². The number of rotatable bonds is 1. The molecule has 4 aliphatic rings. The van der Waals surface area contributed by atoms with E-state index in [9.17, 15) is 0 Å². The van der Waals surface area contributed by atoms with Crippen molar-refractivity contribution in [2.75, 3.05) is 20.4 Å². The van der Waals surface area contributed by atoms with Crippen LogP contribution in [-0.2, 0) is 11.8 Å². The van der Waals surface area contributed by atoms with Crippen LogP contribution in [0.1, 0.15) is 56.6 Å². The van der Waals surface area contributed by atoms with Gasteiger partial charge in [-0.05, 0) is 62.7 Å². The number of likely N-dealkylation sites (tertiary alicyclic amines) is 1. The predicted molar refractivity (Wildman–Crippen MR) is 90.2 cm³/mol. The molecule has 0 amide bonds. The van der Waals surface area contributed by atoms with E-state index in [2.05, 4.69) is 31.0 Å². The Morgan fingerprint density at radius 2 is 2.04 bits per heavy atom. The monoisotopic (exact) mass is 313 g/mol. The van der Waals surface area contributed by atoms with Crippen molar-refractivity contribution in [3.05, 3.63) is 23.3 Å². The number of fused-ring (bicyclic) bond motifs is 3. The Kier molecular flexibility index (Phi) is 2.87. The molecule has 0 aromatic heterocycles. The Bertz CT molecular complexity index is 657. The molecule has 2 fully saturated rings. The van der Waals surface area contributed by atoms with Gasteiger partial charge in [0.05, 0.1) is 0 Å². The van der Waals surface area contributed by atoms with E-state index in [0.717, 1.165) is 11.5 Å². The second-order valence-corrected chi connectivity index (χ2v) is 8.08. The van der Waals surface area contributed by atoms with E-state index in [0.29, 0.717) is 23.7 Å². The van der Waals surface area contributed by atoms with Crippen molar-refractivity contribution in [1.82, 2.24) is 4.90 Å². The van der Waals surface area contributed by atoms with Gasteiger partial charge in [0.25, 0.3) is 0 Å². The third-order valence-corrected chi connectivity index (χ3v) is 7.64. The fraction of sp³-hybridized carbons (Fsp3) is 0.700. The summed E-state index contributed by atoms with van der Waals surface area (Å²) in [5.41, 5.74) is 3.80. The molecule has 1 aromatic rings. The first kappa shape index (κ1) is 14.2. The van der Waals surface area contributed by atoms with E-state index >= 15 is 0 Å². The molecule has 3 atom stereocenters. The number of hydrogen-bond donors (Lipinski definition) is 0. The van der Waals surface area contributed by atoms with E-state index in [4.69, 9.17) is 9.47 Å². The highest BCUT2D eigenvalue weighted by molar-refractivity contribution is 5.59. The van der Waals surface area contributed by atoms with Crippen LogP contribution in [0.25, 0.3) is 0 Å². The first-order valence-corrected chi connectivity index (χ1v) is 9.34. The molecular formula is C20H27NO2. The van der Waals surface area contributed by atoms with Crippen molar-refractivity contribution < 1.29 is 9.47 Å². The maximum Gasteiger partial charge on any atom is 0.231 e. The van der Waals surface area contributed by atoms with Gasteiger partial charge in [-0.15, -0.1) is 0 Å². The second kappa shape index (κ2) is 4.66. The van der Waals surface area contributed by atoms with Gasteiger partial charge in [-0.3, -0.25) is 0 Å². The maximum atomic E-state index is 6.01. The number of benzene rings is 1. The van der Waals surface area contributed by atoms with E-state index in [-0.39, 0.29) is 0 Å². The summed E-state index contributed by atoms with van der Waals surface area (Å²) in [4.78, 5) is 2.65. The Hall–Kier alpha value is -1.22. The summed E-state index contributed by atoms with van der Waals surface area (Å²) in [5.74, 6) is 2.07. The Balaban J connectivity index is 1.81. The van der Waals surface area contributed by atoms with Crippen molar-refractivity contribution in [2.24, 2.45) is 5.41 Å². The summed E-state index contributed by atoms with van der Waals surface area (Å²) in [6, 6.07) is 5.15. The number of nitrogens with zero attached hydrogens (tertiary/aromatic N) is 1. The highest BCUT2D eigenvalue weighted by Gasteiger charge is 2.63. The molecule has 1 saturated carbocycles. The maximum absolute atomic E-state index is 6.01. The standard InChI is InChI=1S/C20H27NO2/c1-3-19-8-4-5-9-20(19)10-11-21(2)16(19)12-14-6-7-15-18(17(14)20)23-13-22-15/h6-7,16H,3-5,8-13H2,1-2H3/t16-,19+,20+/m0/s1. The summed E-state index contributed by atoms with van der Waals surface area (Å²) in [5, 5.41) is 0. The van der Waals surface area contributed by atoms with Gasteiger partial charge in [-0.25, -0.2) is 0 Å². The lowest BCUT2D eigenvalue weighted by atomic mass is 9.43. The van der Waals surface area contributed by atoms with Crippen LogP contribution in [0.15, 0.2) is 12.1 Å². The van der Waals surface area contributed by atoms with Gasteiger partial charge >= 0.3 is 0 Å². The van der Waals surface area contributed by atoms with Crippen LogP contribution in [0.2, 0.25) is 0 Å². The quantitative estimate of drug-likeness (QED) is 0.785. The van der Waals surface area contributed by atoms with Gasteiger partial charge in [-0.1, -0.05) is 25.8 Å². The topological polar surface area (TPSA) is 21.7 Å². The molecular weight excluding hydrogens is 286 g/mol. The van der Waals surface area contributed by atoms with Crippen LogP contribution in [-0.4, -0.2) is 31.3 Å². The number of hydrogen-bond acceptors (Lipinski definition) is 3. The molecule has 124 valence electrons. The highest BCUT2D eigenvalue weighted by Crippen LogP contribution is 2.66. The average molecular weight is 313 g/mol. The highest BCUT2D eigenvalue weighted by atomic mass is 16.7. The zero-order valence-corrected chi connectivity index (χ0v) is 14.4. The van der Waals surface area contributed by atoms with E-state index < -0.39 is 0 Å². The Labute approximate surface area is 139 Å². The minimum Gasteiger partial charge on any atom is -0.454 e. The zero-order valence-electron chi connectivity index (χ0n) is 14.4. The fourth-order valence-electron chi connectivity index (χ4n) is 6.68. The molecule has 2 aliphatic heterocycles. The molecule has 3 nitrogen and oxygen atoms in total. The largest absolute Gasteiger partial charge is 0.454 e. The average Bonchev–Trinajstić information content (AvgIpc) is 3.06. The molecule has 2 aliphatic carbocycles. The fourth-order valence-corrected chi connectivity index (χ4v) is 6.68. The lowest BCUT2D eigenvalue weighted by Gasteiger charge is -2.66. The van der Waals surface area contributed by atoms with E-state index in [1.165, 1.54) is 57.1 Å². The van der Waals surface area contributed by atoms with Crippen LogP contribution >= 0.6 is 0 Å². The normalized spacial score (nSPS) is 38.1. The third-order valence-electron chi connectivity index (χ3n) is 7.64. The third kappa shape index (κ3) is 1.55.